The van der Waals surface area contributed by atoms with Crippen molar-refractivity contribution in [2.45, 2.75) is 49.2 Å². The van der Waals surface area contributed by atoms with Crippen LogP contribution in [0.15, 0.2) is 35.5 Å². The molecule has 26 heavy (non-hydrogen) atoms. The van der Waals surface area contributed by atoms with Crippen LogP contribution < -0.4 is 5.32 Å². The molecule has 2 aliphatic rings. The minimum Gasteiger partial charge on any atom is -0.337 e. The molecular weight excluding hydrogens is 346 g/mol. The molecule has 2 fully saturated rings. The van der Waals surface area contributed by atoms with Crippen LogP contribution in [0, 0.1) is 17.2 Å². The van der Waals surface area contributed by atoms with Crippen molar-refractivity contribution in [2.75, 3.05) is 5.75 Å². The van der Waals surface area contributed by atoms with Crippen molar-refractivity contribution in [1.82, 2.24) is 20.1 Å². The number of rotatable bonds is 7. The number of aromatic nitrogens is 3. The maximum atomic E-state index is 12.4. The maximum Gasteiger partial charge on any atom is 0.231 e. The van der Waals surface area contributed by atoms with Gasteiger partial charge in [-0.15, -0.1) is 10.2 Å². The number of thioether (sulfide) groups is 1. The monoisotopic (exact) mass is 367 g/mol. The van der Waals surface area contributed by atoms with Gasteiger partial charge in [0.15, 0.2) is 5.16 Å². The van der Waals surface area contributed by atoms with E-state index in [4.69, 9.17) is 0 Å². The molecule has 6 nitrogen and oxygen atoms in total. The second-order valence-electron chi connectivity index (χ2n) is 7.21. The summed E-state index contributed by atoms with van der Waals surface area (Å²) in [7, 11) is 0. The smallest absolute Gasteiger partial charge is 0.231 e. The first-order valence-corrected chi connectivity index (χ1v) is 9.95. The highest BCUT2D eigenvalue weighted by Gasteiger charge is 2.43. The van der Waals surface area contributed by atoms with E-state index in [1.165, 1.54) is 11.8 Å². The third kappa shape index (κ3) is 3.47. The van der Waals surface area contributed by atoms with Gasteiger partial charge in [0.1, 0.15) is 11.4 Å². The van der Waals surface area contributed by atoms with Crippen LogP contribution in [-0.2, 0) is 4.79 Å². The molecule has 1 unspecified atom stereocenters. The van der Waals surface area contributed by atoms with Gasteiger partial charge in [0.2, 0.25) is 5.91 Å². The SMILES string of the molecule is CC(C#N)(NC(=O)CSc1nnc(C2CC2)n1-c1ccccc1)C1CC1. The van der Waals surface area contributed by atoms with Gasteiger partial charge in [-0.3, -0.25) is 9.36 Å². The molecule has 2 aromatic rings. The first kappa shape index (κ1) is 17.1. The first-order valence-electron chi connectivity index (χ1n) is 8.96. The number of carbonyl (C=O) groups is 1. The molecule has 0 aliphatic heterocycles. The number of hydrogen-bond acceptors (Lipinski definition) is 5. The summed E-state index contributed by atoms with van der Waals surface area (Å²) in [6.07, 6.45) is 4.28. The van der Waals surface area contributed by atoms with E-state index in [9.17, 15) is 10.1 Å². The van der Waals surface area contributed by atoms with Gasteiger partial charge in [0.05, 0.1) is 11.8 Å². The highest BCUT2D eigenvalue weighted by atomic mass is 32.2. The van der Waals surface area contributed by atoms with Crippen molar-refractivity contribution in [1.29, 1.82) is 5.26 Å². The lowest BCUT2D eigenvalue weighted by molar-refractivity contribution is -0.119. The van der Waals surface area contributed by atoms with Crippen molar-refractivity contribution in [3.8, 4) is 11.8 Å². The number of nitrogens with one attached hydrogen (secondary N) is 1. The number of nitriles is 1. The van der Waals surface area contributed by atoms with Gasteiger partial charge < -0.3 is 5.32 Å². The minimum absolute atomic E-state index is 0.137. The fourth-order valence-electron chi connectivity index (χ4n) is 3.14. The van der Waals surface area contributed by atoms with E-state index in [1.54, 1.807) is 0 Å². The molecule has 134 valence electrons. The van der Waals surface area contributed by atoms with Crippen LogP contribution in [0.4, 0.5) is 0 Å². The topological polar surface area (TPSA) is 83.6 Å². The highest BCUT2D eigenvalue weighted by Crippen LogP contribution is 2.41. The Hall–Kier alpha value is -2.33. The van der Waals surface area contributed by atoms with Crippen LogP contribution in [0.25, 0.3) is 5.69 Å². The van der Waals surface area contributed by atoms with Crippen molar-refractivity contribution in [3.63, 3.8) is 0 Å². The number of para-hydroxylation sites is 1. The van der Waals surface area contributed by atoms with E-state index >= 15 is 0 Å². The Morgan fingerprint density at radius 2 is 2.04 bits per heavy atom. The summed E-state index contributed by atoms with van der Waals surface area (Å²) in [6, 6.07) is 12.3. The van der Waals surface area contributed by atoms with Crippen molar-refractivity contribution in [3.05, 3.63) is 36.2 Å². The van der Waals surface area contributed by atoms with Crippen molar-refractivity contribution >= 4 is 17.7 Å². The first-order chi connectivity index (χ1) is 12.6. The van der Waals surface area contributed by atoms with Crippen LogP contribution in [-0.4, -0.2) is 32.0 Å². The average molecular weight is 367 g/mol. The van der Waals surface area contributed by atoms with Crippen LogP contribution in [0.2, 0.25) is 0 Å². The predicted molar refractivity (Wildman–Crippen MR) is 98.9 cm³/mol. The molecule has 1 aromatic heterocycles. The van der Waals surface area contributed by atoms with Crippen LogP contribution >= 0.6 is 11.8 Å². The highest BCUT2D eigenvalue weighted by molar-refractivity contribution is 7.99. The Kier molecular flexibility index (Phi) is 4.45. The summed E-state index contributed by atoms with van der Waals surface area (Å²) in [5.74, 6) is 1.79. The zero-order valence-electron chi connectivity index (χ0n) is 14.7. The Labute approximate surface area is 157 Å². The molecule has 1 heterocycles. The summed E-state index contributed by atoms with van der Waals surface area (Å²) < 4.78 is 2.06. The molecule has 1 atom stereocenters. The third-order valence-corrected chi connectivity index (χ3v) is 5.90. The van der Waals surface area contributed by atoms with E-state index < -0.39 is 5.54 Å². The Balaban J connectivity index is 1.48. The lowest BCUT2D eigenvalue weighted by Gasteiger charge is -2.22. The van der Waals surface area contributed by atoms with Gasteiger partial charge in [0, 0.05) is 11.6 Å². The van der Waals surface area contributed by atoms with Crippen molar-refractivity contribution < 1.29 is 4.79 Å². The molecular formula is C19H21N5OS. The number of benzene rings is 1. The molecule has 0 saturated heterocycles. The van der Waals surface area contributed by atoms with Crippen molar-refractivity contribution in [2.24, 2.45) is 5.92 Å². The van der Waals surface area contributed by atoms with E-state index in [-0.39, 0.29) is 17.6 Å². The normalized spacial score (nSPS) is 18.8. The van der Waals surface area contributed by atoms with Gasteiger partial charge in [-0.1, -0.05) is 30.0 Å². The summed E-state index contributed by atoms with van der Waals surface area (Å²) in [4.78, 5) is 12.4. The number of carbonyl (C=O) groups excluding carboxylic acids is 1. The molecule has 1 amide bonds. The maximum absolute atomic E-state index is 12.4. The summed E-state index contributed by atoms with van der Waals surface area (Å²) in [5, 5.41) is 21.7. The third-order valence-electron chi connectivity index (χ3n) is 4.97. The van der Waals surface area contributed by atoms with Gasteiger partial charge >= 0.3 is 0 Å². The van der Waals surface area contributed by atoms with E-state index in [0.29, 0.717) is 5.92 Å². The molecule has 1 aromatic carbocycles. The Morgan fingerprint density at radius 3 is 2.65 bits per heavy atom. The van der Waals surface area contributed by atoms with Gasteiger partial charge in [0.25, 0.3) is 0 Å². The van der Waals surface area contributed by atoms with Crippen LogP contribution in [0.5, 0.6) is 0 Å². The molecule has 0 spiro atoms. The minimum atomic E-state index is -0.760. The summed E-state index contributed by atoms with van der Waals surface area (Å²) in [6.45, 7) is 1.81. The molecule has 2 saturated carbocycles. The molecule has 0 radical (unpaired) electrons. The van der Waals surface area contributed by atoms with Gasteiger partial charge in [-0.2, -0.15) is 5.26 Å². The predicted octanol–water partition coefficient (Wildman–Crippen LogP) is 3.05. The van der Waals surface area contributed by atoms with Crippen LogP contribution in [0.3, 0.4) is 0 Å². The average Bonchev–Trinajstić information content (AvgIpc) is 3.57. The largest absolute Gasteiger partial charge is 0.337 e. The standard InChI is InChI=1S/C19H21N5OS/c1-19(12-20,14-9-10-14)21-16(25)11-26-18-23-22-17(13-7-8-13)24(18)15-5-3-2-4-6-15/h2-6,13-14H,7-11H2,1H3,(H,21,25). The number of amides is 1. The molecule has 4 rings (SSSR count). The second kappa shape index (κ2) is 6.76. The zero-order chi connectivity index (χ0) is 18.1. The second-order valence-corrected chi connectivity index (χ2v) is 8.15. The van der Waals surface area contributed by atoms with Gasteiger partial charge in [-0.25, -0.2) is 0 Å². The fourth-order valence-corrected chi connectivity index (χ4v) is 3.90. The van der Waals surface area contributed by atoms with Crippen LogP contribution in [0.1, 0.15) is 44.3 Å². The molecule has 0 bridgehead atoms. The van der Waals surface area contributed by atoms with E-state index in [1.807, 2.05) is 37.3 Å². The fraction of sp³-hybridized carbons (Fsp3) is 0.474. The Bertz CT molecular complexity index is 851. The van der Waals surface area contributed by atoms with E-state index in [0.717, 1.165) is 42.4 Å². The zero-order valence-corrected chi connectivity index (χ0v) is 15.5. The quantitative estimate of drug-likeness (QED) is 0.761. The molecule has 1 N–H and O–H groups in total. The molecule has 7 heteroatoms. The van der Waals surface area contributed by atoms with E-state index in [2.05, 4.69) is 26.2 Å². The number of hydrogen-bond donors (Lipinski definition) is 1. The van der Waals surface area contributed by atoms with Gasteiger partial charge in [-0.05, 0) is 50.7 Å². The lowest BCUT2D eigenvalue weighted by Crippen LogP contribution is -2.47. The summed E-state index contributed by atoms with van der Waals surface area (Å²) in [5.41, 5.74) is 0.256. The number of nitrogens with zero attached hydrogens (tertiary/aromatic N) is 4. The summed E-state index contributed by atoms with van der Waals surface area (Å²) >= 11 is 1.37. The Morgan fingerprint density at radius 1 is 1.31 bits per heavy atom. The molecule has 2 aliphatic carbocycles. The lowest BCUT2D eigenvalue weighted by atomic mass is 9.98.